The molecule has 0 atom stereocenters. The summed E-state index contributed by atoms with van der Waals surface area (Å²) in [6.45, 7) is 0. The molecule has 0 radical (unpaired) electrons. The summed E-state index contributed by atoms with van der Waals surface area (Å²) in [6.07, 6.45) is 0. The maximum absolute atomic E-state index is 2.49. The molecule has 0 aliphatic carbocycles. The third-order valence-corrected chi connectivity index (χ3v) is 10.8. The molecule has 5 rings (SSSR count). The molecule has 0 spiro atoms. The van der Waals surface area contributed by atoms with Crippen LogP contribution in [0.2, 0.25) is 0 Å². The molecule has 24 heavy (non-hydrogen) atoms. The zero-order chi connectivity index (χ0) is 15.9. The fourth-order valence-electron chi connectivity index (χ4n) is 3.06. The van der Waals surface area contributed by atoms with Gasteiger partial charge in [0.25, 0.3) is 0 Å². The predicted molar refractivity (Wildman–Crippen MR) is 106 cm³/mol. The Labute approximate surface area is 160 Å². The first-order valence-electron chi connectivity index (χ1n) is 7.95. The Morgan fingerprint density at radius 3 is 1.29 bits per heavy atom. The van der Waals surface area contributed by atoms with Crippen LogP contribution >= 0.6 is 0 Å². The fraction of sp³-hybridized carbons (Fsp3) is 0. The predicted octanol–water partition coefficient (Wildman–Crippen LogP) is 5.44. The number of rotatable bonds is 2. The number of hydrogen-bond donors (Lipinski definition) is 0. The van der Waals surface area contributed by atoms with Gasteiger partial charge in [0.1, 0.15) is 0 Å². The molecule has 0 fully saturated rings. The van der Waals surface area contributed by atoms with Gasteiger partial charge >= 0.3 is 162 Å². The van der Waals surface area contributed by atoms with Gasteiger partial charge in [-0.25, -0.2) is 0 Å². The average molecular weight is 534 g/mol. The second-order valence-electron chi connectivity index (χ2n) is 5.88. The van der Waals surface area contributed by atoms with E-state index in [4.69, 9.17) is 0 Å². The number of benzene rings is 3. The maximum atomic E-state index is 2.49. The van der Waals surface area contributed by atoms with Gasteiger partial charge < -0.3 is 0 Å². The molecule has 0 saturated carbocycles. The van der Waals surface area contributed by atoms with E-state index in [1.807, 2.05) is 0 Å². The average Bonchev–Trinajstić information content (AvgIpc) is 3.24. The van der Waals surface area contributed by atoms with Crippen molar-refractivity contribution in [1.82, 2.24) is 0 Å². The number of hydrogen-bond acceptors (Lipinski definition) is 0. The van der Waals surface area contributed by atoms with Crippen molar-refractivity contribution in [2.75, 3.05) is 0 Å². The van der Waals surface area contributed by atoms with Gasteiger partial charge in [-0.15, -0.1) is 0 Å². The summed E-state index contributed by atoms with van der Waals surface area (Å²) >= 11 is -0.511. The molecule has 114 valence electrons. The molecule has 5 aromatic rings. The summed E-state index contributed by atoms with van der Waals surface area (Å²) < 4.78 is 6.37. The van der Waals surface area contributed by atoms with Crippen LogP contribution in [0, 0.1) is 0 Å². The van der Waals surface area contributed by atoms with Crippen LogP contribution in [0.3, 0.4) is 0 Å². The van der Waals surface area contributed by atoms with Gasteiger partial charge in [0.2, 0.25) is 0 Å². The van der Waals surface area contributed by atoms with Crippen LogP contribution in [0.5, 0.6) is 0 Å². The van der Waals surface area contributed by atoms with Gasteiger partial charge in [0, 0.05) is 0 Å². The van der Waals surface area contributed by atoms with Gasteiger partial charge in [-0.3, -0.25) is 0 Å². The Bertz CT molecular complexity index is 992. The Morgan fingerprint density at radius 2 is 0.875 bits per heavy atom. The van der Waals surface area contributed by atoms with Crippen molar-refractivity contribution in [3.8, 4) is 18.3 Å². The second-order valence-corrected chi connectivity index (χ2v) is 12.1. The zero-order valence-corrected chi connectivity index (χ0v) is 17.6. The van der Waals surface area contributed by atoms with Gasteiger partial charge in [-0.1, -0.05) is 0 Å². The molecule has 0 aliphatic heterocycles. The van der Waals surface area contributed by atoms with Crippen molar-refractivity contribution >= 4 is 58.4 Å². The molecular formula is C22H14Te2. The topological polar surface area (TPSA) is 0 Å². The van der Waals surface area contributed by atoms with Crippen molar-refractivity contribution in [2.24, 2.45) is 0 Å². The van der Waals surface area contributed by atoms with Crippen LogP contribution in [0.15, 0.2) is 84.9 Å². The van der Waals surface area contributed by atoms with Crippen molar-refractivity contribution < 1.29 is 0 Å². The molecule has 0 N–H and O–H groups in total. The monoisotopic (exact) mass is 538 g/mol. The Morgan fingerprint density at radius 1 is 0.458 bits per heavy atom. The molecule has 0 unspecified atom stereocenters. The van der Waals surface area contributed by atoms with E-state index in [9.17, 15) is 0 Å². The quantitative estimate of drug-likeness (QED) is 0.265. The summed E-state index contributed by atoms with van der Waals surface area (Å²) in [5.74, 6) is 0. The summed E-state index contributed by atoms with van der Waals surface area (Å²) in [7, 11) is 0. The summed E-state index contributed by atoms with van der Waals surface area (Å²) in [5, 5.41) is 2.98. The second kappa shape index (κ2) is 6.22. The summed E-state index contributed by atoms with van der Waals surface area (Å²) in [5.41, 5.74) is 2.82. The minimum absolute atomic E-state index is 0.255. The van der Waals surface area contributed by atoms with E-state index in [0.717, 1.165) is 0 Å². The third kappa shape index (κ3) is 2.69. The molecule has 2 aromatic heterocycles. The first kappa shape index (κ1) is 15.0. The molecule has 0 saturated heterocycles. The van der Waals surface area contributed by atoms with Crippen LogP contribution in [0.1, 0.15) is 0 Å². The minimum atomic E-state index is -0.255. The van der Waals surface area contributed by atoms with E-state index in [1.165, 1.54) is 21.9 Å². The van der Waals surface area contributed by atoms with Crippen molar-refractivity contribution in [2.45, 2.75) is 0 Å². The van der Waals surface area contributed by atoms with Crippen LogP contribution in [0.25, 0.3) is 35.9 Å². The molecular weight excluding hydrogens is 519 g/mol. The van der Waals surface area contributed by atoms with Crippen LogP contribution in [0.4, 0.5) is 0 Å². The standard InChI is InChI=1S/C22H14Te2/c1-3-7-15(8-4-1)19-11-17-13-22-18(14-21(17)23-19)12-20(24-22)16-9-5-2-6-10-16/h1-14H. The van der Waals surface area contributed by atoms with Gasteiger partial charge in [0.05, 0.1) is 0 Å². The van der Waals surface area contributed by atoms with Crippen LogP contribution in [-0.4, -0.2) is 40.9 Å². The van der Waals surface area contributed by atoms with Crippen LogP contribution < -0.4 is 0 Å². The van der Waals surface area contributed by atoms with E-state index >= 15 is 0 Å². The fourth-order valence-corrected chi connectivity index (χ4v) is 9.33. The number of fused-ring (bicyclic) bond motifs is 2. The molecule has 3 aromatic carbocycles. The van der Waals surface area contributed by atoms with Gasteiger partial charge in [-0.2, -0.15) is 0 Å². The zero-order valence-electron chi connectivity index (χ0n) is 12.9. The van der Waals surface area contributed by atoms with Crippen molar-refractivity contribution in [1.29, 1.82) is 0 Å². The normalized spacial score (nSPS) is 11.3. The Balaban J connectivity index is 1.65. The summed E-state index contributed by atoms with van der Waals surface area (Å²) in [6, 6.07) is 31.6. The van der Waals surface area contributed by atoms with Gasteiger partial charge in [-0.05, 0) is 0 Å². The van der Waals surface area contributed by atoms with Crippen LogP contribution in [-0.2, 0) is 0 Å². The van der Waals surface area contributed by atoms with E-state index in [1.54, 1.807) is 14.0 Å². The van der Waals surface area contributed by atoms with Crippen molar-refractivity contribution in [3.05, 3.63) is 84.9 Å². The SMILES string of the molecule is c1ccc(-c2cc3cc4[te]c(-c5ccccc5)cc4cc3[te]2)cc1. The first-order chi connectivity index (χ1) is 11.9. The Hall–Kier alpha value is -1.28. The van der Waals surface area contributed by atoms with E-state index in [2.05, 4.69) is 84.9 Å². The van der Waals surface area contributed by atoms with Gasteiger partial charge in [0.15, 0.2) is 0 Å². The molecule has 0 aliphatic rings. The molecule has 0 bridgehead atoms. The van der Waals surface area contributed by atoms with E-state index < -0.39 is 0 Å². The van der Waals surface area contributed by atoms with E-state index in [-0.39, 0.29) is 40.9 Å². The van der Waals surface area contributed by atoms with Crippen molar-refractivity contribution in [3.63, 3.8) is 0 Å². The molecule has 0 nitrogen and oxygen atoms in total. The summed E-state index contributed by atoms with van der Waals surface area (Å²) in [4.78, 5) is 0. The molecule has 2 heterocycles. The molecule has 2 heteroatoms. The first-order valence-corrected chi connectivity index (χ1v) is 12.6. The molecule has 0 amide bonds. The Kier molecular flexibility index (Phi) is 3.89. The van der Waals surface area contributed by atoms with E-state index in [0.29, 0.717) is 0 Å². The third-order valence-electron chi connectivity index (χ3n) is 4.27.